The average Bonchev–Trinajstić information content (AvgIpc) is 3.10. The quantitative estimate of drug-likeness (QED) is 0.0816. The van der Waals surface area contributed by atoms with E-state index in [-0.39, 0.29) is 34.9 Å². The van der Waals surface area contributed by atoms with Gasteiger partial charge in [-0.15, -0.1) is 0 Å². The third-order valence-corrected chi connectivity index (χ3v) is 6.35. The number of ether oxygens (including phenoxy) is 3. The molecule has 0 atom stereocenters. The smallest absolute Gasteiger partial charge is 0.349 e. The van der Waals surface area contributed by atoms with Gasteiger partial charge in [0.05, 0.1) is 6.42 Å². The number of carboxylic acid groups (broad SMARTS) is 1. The zero-order chi connectivity index (χ0) is 35.1. The second-order valence-corrected chi connectivity index (χ2v) is 10.1. The number of carbonyl (C=O) groups excluding carboxylic acids is 5. The molecule has 10 heteroatoms. The summed E-state index contributed by atoms with van der Waals surface area (Å²) in [5.41, 5.74) is 2.41. The molecular weight excluding hydrogens is 616 g/mol. The molecule has 0 radical (unpaired) electrons. The number of carbonyl (C=O) groups is 6. The van der Waals surface area contributed by atoms with Gasteiger partial charge in [-0.25, -0.2) is 14.4 Å². The summed E-state index contributed by atoms with van der Waals surface area (Å²) in [6.45, 7) is 5.79. The molecule has 244 valence electrons. The third kappa shape index (κ3) is 11.5. The van der Waals surface area contributed by atoms with Crippen LogP contribution in [0.3, 0.4) is 0 Å². The van der Waals surface area contributed by atoms with E-state index in [1.54, 1.807) is 72.8 Å². The van der Waals surface area contributed by atoms with E-state index in [2.05, 4.69) is 6.58 Å². The summed E-state index contributed by atoms with van der Waals surface area (Å²) in [5.74, 6) is -2.70. The van der Waals surface area contributed by atoms with Gasteiger partial charge in [-0.3, -0.25) is 14.4 Å². The maximum Gasteiger partial charge on any atom is 0.349 e. The molecule has 4 rings (SSSR count). The Morgan fingerprint density at radius 1 is 0.604 bits per heavy atom. The van der Waals surface area contributed by atoms with Gasteiger partial charge in [0.2, 0.25) is 0 Å². The first-order valence-electron chi connectivity index (χ1n) is 14.5. The van der Waals surface area contributed by atoms with Crippen molar-refractivity contribution in [2.24, 2.45) is 0 Å². The molecule has 48 heavy (non-hydrogen) atoms. The van der Waals surface area contributed by atoms with Crippen molar-refractivity contribution in [2.75, 3.05) is 6.61 Å². The van der Waals surface area contributed by atoms with Crippen LogP contribution >= 0.6 is 0 Å². The summed E-state index contributed by atoms with van der Waals surface area (Å²) < 4.78 is 14.8. The fraction of sp³-hybridized carbons (Fsp3) is 0.105. The molecule has 0 aliphatic carbocycles. The van der Waals surface area contributed by atoms with E-state index in [4.69, 9.17) is 19.3 Å². The van der Waals surface area contributed by atoms with E-state index in [9.17, 15) is 28.8 Å². The van der Waals surface area contributed by atoms with Gasteiger partial charge >= 0.3 is 23.9 Å². The summed E-state index contributed by atoms with van der Waals surface area (Å²) in [4.78, 5) is 69.6. The lowest BCUT2D eigenvalue weighted by Crippen LogP contribution is -2.19. The van der Waals surface area contributed by atoms with Crippen molar-refractivity contribution in [1.29, 1.82) is 0 Å². The first kappa shape index (κ1) is 36.1. The summed E-state index contributed by atoms with van der Waals surface area (Å²) in [6.07, 6.45) is 1.15. The van der Waals surface area contributed by atoms with Crippen LogP contribution in [0.4, 0.5) is 0 Å². The lowest BCUT2D eigenvalue weighted by atomic mass is 10.0. The lowest BCUT2D eigenvalue weighted by molar-refractivity contribution is -0.150. The minimum Gasteiger partial charge on any atom is -0.478 e. The molecule has 0 aliphatic rings. The number of rotatable bonds is 12. The van der Waals surface area contributed by atoms with E-state index >= 15 is 0 Å². The largest absolute Gasteiger partial charge is 0.478 e. The van der Waals surface area contributed by atoms with Gasteiger partial charge in [-0.2, -0.15) is 0 Å². The van der Waals surface area contributed by atoms with Gasteiger partial charge in [0.1, 0.15) is 11.5 Å². The van der Waals surface area contributed by atoms with E-state index < -0.39 is 30.5 Å². The van der Waals surface area contributed by atoms with Crippen LogP contribution in [-0.2, 0) is 23.9 Å². The van der Waals surface area contributed by atoms with Gasteiger partial charge in [0, 0.05) is 33.4 Å². The Morgan fingerprint density at radius 2 is 1.00 bits per heavy atom. The fourth-order valence-electron chi connectivity index (χ4n) is 3.77. The van der Waals surface area contributed by atoms with Crippen LogP contribution in [0.2, 0.25) is 0 Å². The van der Waals surface area contributed by atoms with Crippen molar-refractivity contribution in [3.63, 3.8) is 0 Å². The van der Waals surface area contributed by atoms with E-state index in [1.807, 2.05) is 12.1 Å². The molecule has 4 aromatic carbocycles. The maximum atomic E-state index is 12.2. The Morgan fingerprint density at radius 3 is 1.40 bits per heavy atom. The van der Waals surface area contributed by atoms with E-state index in [0.29, 0.717) is 28.0 Å². The van der Waals surface area contributed by atoms with Crippen LogP contribution in [0.15, 0.2) is 133 Å². The second kappa shape index (κ2) is 17.9. The van der Waals surface area contributed by atoms with Gasteiger partial charge in [0.25, 0.3) is 0 Å². The fourth-order valence-corrected chi connectivity index (χ4v) is 3.77. The van der Waals surface area contributed by atoms with Gasteiger partial charge < -0.3 is 19.3 Å². The topological polar surface area (TPSA) is 150 Å². The Kier molecular flexibility index (Phi) is 13.5. The highest BCUT2D eigenvalue weighted by Gasteiger charge is 2.13. The monoisotopic (exact) mass is 648 g/mol. The molecule has 0 aliphatic heterocycles. The first-order valence-corrected chi connectivity index (χ1v) is 14.5. The van der Waals surface area contributed by atoms with Crippen molar-refractivity contribution >= 4 is 35.4 Å². The van der Waals surface area contributed by atoms with Crippen LogP contribution in [0.25, 0.3) is 0 Å². The van der Waals surface area contributed by atoms with Gasteiger partial charge in [-0.1, -0.05) is 73.3 Å². The molecule has 0 unspecified atom stereocenters. The molecular formula is C38H32O10. The molecule has 0 aromatic heterocycles. The van der Waals surface area contributed by atoms with Crippen molar-refractivity contribution in [3.8, 4) is 11.5 Å². The Balaban J connectivity index is 0.000000260. The number of hydrogen-bond acceptors (Lipinski definition) is 9. The van der Waals surface area contributed by atoms with E-state index in [0.717, 1.165) is 0 Å². The molecule has 0 saturated carbocycles. The van der Waals surface area contributed by atoms with Crippen molar-refractivity contribution < 1.29 is 48.1 Å². The van der Waals surface area contributed by atoms with Gasteiger partial charge in [0.15, 0.2) is 18.2 Å². The number of aliphatic carboxylic acids is 1. The summed E-state index contributed by atoms with van der Waals surface area (Å²) >= 11 is 0. The Hall–Kier alpha value is -6.42. The SMILES string of the molecule is C=C(C)C(=O)OCC(=O)Oc1ccc(C(=O)c2ccccc2)cc1.CC(=CCC(=O)Oc1ccc(C(=O)c2ccccc2)cc1)C(=O)O. The number of benzene rings is 4. The standard InChI is InChI=1S/2C19H16O5/c1-13(2)19(22)23-12-17(20)24-16-10-8-15(9-11-16)18(21)14-6-4-3-5-7-14;1-13(19(22)23)7-12-17(20)24-16-10-8-15(9-11-16)18(21)14-5-3-2-4-6-14/h3-11H,1,12H2,2H3;2-11H,12H2,1H3,(H,22,23). The van der Waals surface area contributed by atoms with Crippen molar-refractivity contribution in [3.05, 3.63) is 155 Å². The molecule has 0 heterocycles. The second-order valence-electron chi connectivity index (χ2n) is 10.1. The number of hydrogen-bond donors (Lipinski definition) is 1. The zero-order valence-electron chi connectivity index (χ0n) is 26.2. The summed E-state index contributed by atoms with van der Waals surface area (Å²) in [6, 6.07) is 30.1. The van der Waals surface area contributed by atoms with Gasteiger partial charge in [-0.05, 0) is 62.4 Å². The minimum atomic E-state index is -1.08. The lowest BCUT2D eigenvalue weighted by Gasteiger charge is -2.06. The minimum absolute atomic E-state index is 0.0794. The third-order valence-electron chi connectivity index (χ3n) is 6.35. The zero-order valence-corrected chi connectivity index (χ0v) is 26.2. The molecule has 0 spiro atoms. The first-order chi connectivity index (χ1) is 22.9. The highest BCUT2D eigenvalue weighted by Crippen LogP contribution is 2.17. The van der Waals surface area contributed by atoms with E-state index in [1.165, 1.54) is 44.2 Å². The summed E-state index contributed by atoms with van der Waals surface area (Å²) in [5, 5.41) is 8.71. The Labute approximate surface area is 276 Å². The van der Waals surface area contributed by atoms with Crippen molar-refractivity contribution in [1.82, 2.24) is 0 Å². The molecule has 0 bridgehead atoms. The van der Waals surface area contributed by atoms with Crippen molar-refractivity contribution in [2.45, 2.75) is 20.3 Å². The molecule has 1 N–H and O–H groups in total. The predicted molar refractivity (Wildman–Crippen MR) is 176 cm³/mol. The molecule has 0 amide bonds. The number of ketones is 2. The average molecular weight is 649 g/mol. The van der Waals surface area contributed by atoms with Crippen LogP contribution in [0.5, 0.6) is 11.5 Å². The highest BCUT2D eigenvalue weighted by molar-refractivity contribution is 6.09. The van der Waals surface area contributed by atoms with Crippen LogP contribution in [0.1, 0.15) is 52.1 Å². The Bertz CT molecular complexity index is 1810. The molecule has 0 saturated heterocycles. The summed E-state index contributed by atoms with van der Waals surface area (Å²) in [7, 11) is 0. The van der Waals surface area contributed by atoms with Crippen LogP contribution < -0.4 is 9.47 Å². The predicted octanol–water partition coefficient (Wildman–Crippen LogP) is 6.19. The molecule has 10 nitrogen and oxygen atoms in total. The maximum absolute atomic E-state index is 12.2. The van der Waals surface area contributed by atoms with Crippen LogP contribution in [0, 0.1) is 0 Å². The molecule has 4 aromatic rings. The molecule has 0 fully saturated rings. The number of esters is 3. The highest BCUT2D eigenvalue weighted by atomic mass is 16.6. The number of carboxylic acids is 1. The normalized spacial score (nSPS) is 10.4. The van der Waals surface area contributed by atoms with Crippen LogP contribution in [-0.4, -0.2) is 47.2 Å².